The third-order valence-corrected chi connectivity index (χ3v) is 6.28. The maximum atomic E-state index is 12.8. The Balaban J connectivity index is 1.81. The molecule has 0 radical (unpaired) electrons. The Hall–Kier alpha value is -1.86. The first-order chi connectivity index (χ1) is 12.8. The van der Waals surface area contributed by atoms with Crippen LogP contribution in [-0.4, -0.2) is 24.7 Å². The average Bonchev–Trinajstić information content (AvgIpc) is 2.76. The Bertz CT molecular complexity index is 889. The summed E-state index contributed by atoms with van der Waals surface area (Å²) in [5.41, 5.74) is 1.81. The van der Waals surface area contributed by atoms with Gasteiger partial charge in [-0.1, -0.05) is 41.6 Å². The molecule has 1 saturated heterocycles. The van der Waals surface area contributed by atoms with E-state index >= 15 is 0 Å². The van der Waals surface area contributed by atoms with Crippen LogP contribution in [0.1, 0.15) is 24.4 Å². The quantitative estimate of drug-likeness (QED) is 0.699. The molecule has 0 bridgehead atoms. The number of rotatable bonds is 1. The number of fused-ring (bicyclic) bond motifs is 5. The smallest absolute Gasteiger partial charge is 0.361 e. The van der Waals surface area contributed by atoms with Gasteiger partial charge in [0.2, 0.25) is 0 Å². The molecule has 2 aliphatic heterocycles. The molecule has 8 heteroatoms. The summed E-state index contributed by atoms with van der Waals surface area (Å²) in [7, 11) is 0. The number of benzene rings is 2. The standard InChI is InChI=1S/C19H16ClF3N2OS/c20-11-7-8-16-14(10-11)25-9-3-5-13(24-18(26)19(21,22)23)17(25)12-4-1-2-6-15(12)27-16/h1-2,4,6-8,10,13,17H,3,5,9H2,(H,24,26)/t13-,17-/m0/s1. The van der Waals surface area contributed by atoms with Crippen molar-refractivity contribution in [1.29, 1.82) is 0 Å². The van der Waals surface area contributed by atoms with E-state index in [1.165, 1.54) is 0 Å². The number of amides is 1. The van der Waals surface area contributed by atoms with Gasteiger partial charge in [0.15, 0.2) is 0 Å². The second-order valence-corrected chi connectivity index (χ2v) is 8.13. The molecule has 0 saturated carbocycles. The van der Waals surface area contributed by atoms with Crippen LogP contribution in [0, 0.1) is 0 Å². The van der Waals surface area contributed by atoms with Crippen LogP contribution in [0.15, 0.2) is 52.3 Å². The van der Waals surface area contributed by atoms with Crippen molar-refractivity contribution in [2.24, 2.45) is 0 Å². The molecular weight excluding hydrogens is 397 g/mol. The van der Waals surface area contributed by atoms with E-state index in [1.54, 1.807) is 11.8 Å². The molecule has 4 rings (SSSR count). The van der Waals surface area contributed by atoms with Gasteiger partial charge in [-0.3, -0.25) is 4.79 Å². The van der Waals surface area contributed by atoms with Gasteiger partial charge in [0, 0.05) is 21.4 Å². The average molecular weight is 413 g/mol. The fraction of sp³-hybridized carbons (Fsp3) is 0.316. The Morgan fingerprint density at radius 1 is 1.19 bits per heavy atom. The number of nitrogens with zero attached hydrogens (tertiary/aromatic N) is 1. The lowest BCUT2D eigenvalue weighted by molar-refractivity contribution is -0.174. The zero-order valence-corrected chi connectivity index (χ0v) is 15.7. The highest BCUT2D eigenvalue weighted by atomic mass is 35.5. The minimum Gasteiger partial charge on any atom is -0.361 e. The minimum atomic E-state index is -4.90. The number of hydrogen-bond donors (Lipinski definition) is 1. The highest BCUT2D eigenvalue weighted by molar-refractivity contribution is 7.99. The second-order valence-electron chi connectivity index (χ2n) is 6.61. The van der Waals surface area contributed by atoms with E-state index in [-0.39, 0.29) is 6.04 Å². The summed E-state index contributed by atoms with van der Waals surface area (Å²) in [5, 5.41) is 2.79. The predicted molar refractivity (Wildman–Crippen MR) is 99.3 cm³/mol. The van der Waals surface area contributed by atoms with Crippen molar-refractivity contribution in [2.75, 3.05) is 11.4 Å². The number of piperidine rings is 1. The molecule has 2 aliphatic rings. The second kappa shape index (κ2) is 6.95. The molecule has 3 nitrogen and oxygen atoms in total. The highest BCUT2D eigenvalue weighted by Crippen LogP contribution is 2.49. The van der Waals surface area contributed by atoms with E-state index in [0.29, 0.717) is 24.4 Å². The predicted octanol–water partition coefficient (Wildman–Crippen LogP) is 5.19. The van der Waals surface area contributed by atoms with Crippen LogP contribution in [-0.2, 0) is 4.79 Å². The summed E-state index contributed by atoms with van der Waals surface area (Å²) < 4.78 is 38.5. The van der Waals surface area contributed by atoms with Gasteiger partial charge >= 0.3 is 12.1 Å². The van der Waals surface area contributed by atoms with E-state index in [9.17, 15) is 18.0 Å². The van der Waals surface area contributed by atoms with Crippen molar-refractivity contribution in [1.82, 2.24) is 5.32 Å². The number of nitrogens with one attached hydrogen (secondary N) is 1. The van der Waals surface area contributed by atoms with Gasteiger partial charge in [-0.05, 0) is 42.7 Å². The topological polar surface area (TPSA) is 32.3 Å². The van der Waals surface area contributed by atoms with Crippen LogP contribution in [0.3, 0.4) is 0 Å². The Morgan fingerprint density at radius 2 is 1.96 bits per heavy atom. The molecule has 0 unspecified atom stereocenters. The van der Waals surface area contributed by atoms with E-state index in [2.05, 4.69) is 10.2 Å². The van der Waals surface area contributed by atoms with Crippen LogP contribution in [0.2, 0.25) is 5.02 Å². The molecule has 2 aromatic carbocycles. The number of hydrogen-bond acceptors (Lipinski definition) is 3. The first-order valence-electron chi connectivity index (χ1n) is 8.55. The first kappa shape index (κ1) is 18.5. The van der Waals surface area contributed by atoms with E-state index < -0.39 is 18.1 Å². The van der Waals surface area contributed by atoms with Gasteiger partial charge in [-0.15, -0.1) is 0 Å². The molecule has 27 heavy (non-hydrogen) atoms. The Morgan fingerprint density at radius 3 is 2.74 bits per heavy atom. The van der Waals surface area contributed by atoms with Crippen molar-refractivity contribution in [2.45, 2.75) is 40.9 Å². The van der Waals surface area contributed by atoms with Crippen molar-refractivity contribution in [3.63, 3.8) is 0 Å². The van der Waals surface area contributed by atoms with Crippen LogP contribution in [0.25, 0.3) is 0 Å². The molecule has 142 valence electrons. The summed E-state index contributed by atoms with van der Waals surface area (Å²) in [5.74, 6) is -1.89. The molecule has 2 aromatic rings. The van der Waals surface area contributed by atoms with Crippen LogP contribution in [0.5, 0.6) is 0 Å². The molecule has 1 fully saturated rings. The Kier molecular flexibility index (Phi) is 4.76. The zero-order chi connectivity index (χ0) is 19.2. The number of carbonyl (C=O) groups is 1. The van der Waals surface area contributed by atoms with Crippen LogP contribution in [0.4, 0.5) is 18.9 Å². The normalized spacial score (nSPS) is 21.6. The highest BCUT2D eigenvalue weighted by Gasteiger charge is 2.44. The SMILES string of the molecule is O=C(N[C@H]1CCCN2c3cc(Cl)ccc3Sc3ccccc3[C@@H]12)C(F)(F)F. The zero-order valence-electron chi connectivity index (χ0n) is 14.1. The summed E-state index contributed by atoms with van der Waals surface area (Å²) in [6.07, 6.45) is -3.74. The molecule has 2 atom stereocenters. The summed E-state index contributed by atoms with van der Waals surface area (Å²) in [6.45, 7) is 0.686. The molecule has 1 N–H and O–H groups in total. The fourth-order valence-electron chi connectivity index (χ4n) is 3.79. The summed E-state index contributed by atoms with van der Waals surface area (Å²) in [4.78, 5) is 15.7. The summed E-state index contributed by atoms with van der Waals surface area (Å²) in [6, 6.07) is 12.2. The van der Waals surface area contributed by atoms with Crippen LogP contribution >= 0.6 is 23.4 Å². The monoisotopic (exact) mass is 412 g/mol. The summed E-state index contributed by atoms with van der Waals surface area (Å²) >= 11 is 7.77. The van der Waals surface area contributed by atoms with Crippen molar-refractivity contribution < 1.29 is 18.0 Å². The number of alkyl halides is 3. The van der Waals surface area contributed by atoms with Gasteiger partial charge in [0.05, 0.1) is 17.8 Å². The fourth-order valence-corrected chi connectivity index (χ4v) is 5.06. The van der Waals surface area contributed by atoms with Gasteiger partial charge in [-0.2, -0.15) is 13.2 Å². The first-order valence-corrected chi connectivity index (χ1v) is 9.75. The third kappa shape index (κ3) is 3.50. The molecule has 0 aromatic heterocycles. The molecule has 0 aliphatic carbocycles. The lowest BCUT2D eigenvalue weighted by Gasteiger charge is -2.43. The molecular formula is C19H16ClF3N2OS. The van der Waals surface area contributed by atoms with E-state index in [1.807, 2.05) is 42.5 Å². The molecule has 2 heterocycles. The van der Waals surface area contributed by atoms with Gasteiger partial charge in [-0.25, -0.2) is 0 Å². The third-order valence-electron chi connectivity index (χ3n) is 4.89. The van der Waals surface area contributed by atoms with Gasteiger partial charge in [0.25, 0.3) is 0 Å². The van der Waals surface area contributed by atoms with E-state index in [0.717, 1.165) is 21.0 Å². The lowest BCUT2D eigenvalue weighted by Crippen LogP contribution is -2.53. The largest absolute Gasteiger partial charge is 0.471 e. The van der Waals surface area contributed by atoms with E-state index in [4.69, 9.17) is 11.6 Å². The van der Waals surface area contributed by atoms with Crippen LogP contribution < -0.4 is 10.2 Å². The lowest BCUT2D eigenvalue weighted by atomic mass is 9.89. The van der Waals surface area contributed by atoms with Crippen molar-refractivity contribution in [3.8, 4) is 0 Å². The number of halogens is 4. The van der Waals surface area contributed by atoms with Crippen molar-refractivity contribution >= 4 is 35.0 Å². The number of carbonyl (C=O) groups excluding carboxylic acids is 1. The molecule has 1 amide bonds. The maximum absolute atomic E-state index is 12.8. The van der Waals surface area contributed by atoms with Gasteiger partial charge in [0.1, 0.15) is 0 Å². The Labute approximate surface area is 163 Å². The maximum Gasteiger partial charge on any atom is 0.471 e. The van der Waals surface area contributed by atoms with Gasteiger partial charge < -0.3 is 10.2 Å². The minimum absolute atomic E-state index is 0.381. The molecule has 0 spiro atoms. The number of anilines is 1. The van der Waals surface area contributed by atoms with Crippen molar-refractivity contribution in [3.05, 3.63) is 53.1 Å².